The van der Waals surface area contributed by atoms with E-state index >= 15 is 0 Å². The number of hydrogen-bond donors (Lipinski definition) is 1. The van der Waals surface area contributed by atoms with Crippen LogP contribution in [-0.4, -0.2) is 48.0 Å². The van der Waals surface area contributed by atoms with Crippen LogP contribution < -0.4 is 5.32 Å². The predicted molar refractivity (Wildman–Crippen MR) is 97.6 cm³/mol. The van der Waals surface area contributed by atoms with Crippen LogP contribution in [-0.2, 0) is 4.79 Å². The van der Waals surface area contributed by atoms with Crippen LogP contribution >= 0.6 is 0 Å². The Hall–Kier alpha value is -1.98. The molecule has 1 aliphatic heterocycles. The number of amides is 2. The Kier molecular flexibility index (Phi) is 5.58. The Morgan fingerprint density at radius 3 is 2.77 bits per heavy atom. The fourth-order valence-corrected chi connectivity index (χ4v) is 4.16. The number of alkyl halides is 1. The van der Waals surface area contributed by atoms with Gasteiger partial charge in [-0.3, -0.25) is 19.0 Å². The molecule has 1 spiro atoms. The first-order valence-corrected chi connectivity index (χ1v) is 9.52. The zero-order valence-corrected chi connectivity index (χ0v) is 15.6. The number of halogens is 1. The summed E-state index contributed by atoms with van der Waals surface area (Å²) in [4.78, 5) is 30.6. The molecular formula is C20H28FN3O2. The van der Waals surface area contributed by atoms with Gasteiger partial charge in [-0.2, -0.15) is 0 Å². The summed E-state index contributed by atoms with van der Waals surface area (Å²) in [5, 5.41) is 3.03. The van der Waals surface area contributed by atoms with Crippen LogP contribution in [0.3, 0.4) is 0 Å². The number of nitrogens with one attached hydrogen (secondary N) is 1. The van der Waals surface area contributed by atoms with Crippen molar-refractivity contribution in [1.29, 1.82) is 0 Å². The smallest absolute Gasteiger partial charge is 0.252 e. The molecule has 142 valence electrons. The topological polar surface area (TPSA) is 62.3 Å². The Balaban J connectivity index is 1.62. The second kappa shape index (κ2) is 7.72. The van der Waals surface area contributed by atoms with E-state index in [1.165, 1.54) is 0 Å². The Labute approximate surface area is 154 Å². The molecule has 1 saturated heterocycles. The Bertz CT molecular complexity index is 673. The highest BCUT2D eigenvalue weighted by Crippen LogP contribution is 2.51. The molecule has 1 aliphatic carbocycles. The summed E-state index contributed by atoms with van der Waals surface area (Å²) in [5.74, 6) is 0.327. The average Bonchev–Trinajstić information content (AvgIpc) is 3.00. The van der Waals surface area contributed by atoms with Crippen molar-refractivity contribution in [3.05, 3.63) is 29.6 Å². The van der Waals surface area contributed by atoms with Gasteiger partial charge < -0.3 is 10.2 Å². The number of rotatable bonds is 6. The van der Waals surface area contributed by atoms with E-state index in [0.29, 0.717) is 31.1 Å². The molecule has 2 aliphatic rings. The van der Waals surface area contributed by atoms with Crippen molar-refractivity contribution in [2.75, 3.05) is 26.3 Å². The molecule has 0 aromatic carbocycles. The van der Waals surface area contributed by atoms with Crippen molar-refractivity contribution >= 4 is 11.8 Å². The van der Waals surface area contributed by atoms with Gasteiger partial charge in [0.15, 0.2) is 0 Å². The number of aromatic nitrogens is 1. The second-order valence-electron chi connectivity index (χ2n) is 8.00. The molecule has 1 saturated carbocycles. The Morgan fingerprint density at radius 1 is 1.38 bits per heavy atom. The van der Waals surface area contributed by atoms with Crippen LogP contribution in [0.15, 0.2) is 18.5 Å². The predicted octanol–water partition coefficient (Wildman–Crippen LogP) is 2.92. The zero-order chi connectivity index (χ0) is 18.7. The molecule has 1 unspecified atom stereocenters. The molecule has 1 aromatic heterocycles. The van der Waals surface area contributed by atoms with Crippen LogP contribution in [0.25, 0.3) is 0 Å². The minimum Gasteiger partial charge on any atom is -0.352 e. The number of nitrogens with zero attached hydrogens (tertiary/aromatic N) is 2. The molecule has 6 heteroatoms. The van der Waals surface area contributed by atoms with Gasteiger partial charge >= 0.3 is 0 Å². The first-order chi connectivity index (χ1) is 12.4. The van der Waals surface area contributed by atoms with E-state index in [4.69, 9.17) is 0 Å². The van der Waals surface area contributed by atoms with Crippen LogP contribution in [0.4, 0.5) is 4.39 Å². The molecule has 2 amide bonds. The standard InChI is InChI=1S/C20H28FN3O2/c1-14(2)15-8-16(10-22-9-15)19(26)23-11-17-12-24(18(25)4-7-21)13-20(17)5-3-6-20/h8-10,14,17H,3-7,11-13H2,1-2H3,(H,23,26). The van der Waals surface area contributed by atoms with E-state index in [0.717, 1.165) is 24.8 Å². The van der Waals surface area contributed by atoms with Crippen molar-refractivity contribution < 1.29 is 14.0 Å². The molecule has 5 nitrogen and oxygen atoms in total. The van der Waals surface area contributed by atoms with Gasteiger partial charge in [-0.15, -0.1) is 0 Å². The third-order valence-corrected chi connectivity index (χ3v) is 6.02. The summed E-state index contributed by atoms with van der Waals surface area (Å²) >= 11 is 0. The SMILES string of the molecule is CC(C)c1cncc(C(=O)NCC2CN(C(=O)CCF)CC23CCC3)c1. The first-order valence-electron chi connectivity index (χ1n) is 9.52. The highest BCUT2D eigenvalue weighted by atomic mass is 19.1. The fourth-order valence-electron chi connectivity index (χ4n) is 4.16. The molecule has 2 heterocycles. The molecule has 1 atom stereocenters. The van der Waals surface area contributed by atoms with Gasteiger partial charge in [0.1, 0.15) is 0 Å². The fraction of sp³-hybridized carbons (Fsp3) is 0.650. The summed E-state index contributed by atoms with van der Waals surface area (Å²) in [6.45, 7) is 5.40. The Morgan fingerprint density at radius 2 is 2.15 bits per heavy atom. The monoisotopic (exact) mass is 361 g/mol. The third kappa shape index (κ3) is 3.74. The van der Waals surface area contributed by atoms with Crippen LogP contribution in [0.2, 0.25) is 0 Å². The molecule has 1 N–H and O–H groups in total. The van der Waals surface area contributed by atoms with Gasteiger partial charge in [0.25, 0.3) is 5.91 Å². The maximum absolute atomic E-state index is 12.5. The highest BCUT2D eigenvalue weighted by Gasteiger charge is 2.51. The van der Waals surface area contributed by atoms with E-state index in [2.05, 4.69) is 24.1 Å². The summed E-state index contributed by atoms with van der Waals surface area (Å²) in [7, 11) is 0. The maximum Gasteiger partial charge on any atom is 0.252 e. The molecule has 2 fully saturated rings. The summed E-state index contributed by atoms with van der Waals surface area (Å²) in [6.07, 6.45) is 6.66. The number of carbonyl (C=O) groups excluding carboxylic acids is 2. The van der Waals surface area contributed by atoms with E-state index < -0.39 is 6.67 Å². The molecule has 26 heavy (non-hydrogen) atoms. The average molecular weight is 361 g/mol. The summed E-state index contributed by atoms with van der Waals surface area (Å²) in [6, 6.07) is 1.89. The van der Waals surface area contributed by atoms with Gasteiger partial charge in [0.05, 0.1) is 18.7 Å². The van der Waals surface area contributed by atoms with Crippen molar-refractivity contribution in [1.82, 2.24) is 15.2 Å². The third-order valence-electron chi connectivity index (χ3n) is 6.02. The second-order valence-corrected chi connectivity index (χ2v) is 8.00. The van der Waals surface area contributed by atoms with Gasteiger partial charge in [-0.05, 0) is 35.8 Å². The van der Waals surface area contributed by atoms with Gasteiger partial charge in [-0.1, -0.05) is 20.3 Å². The van der Waals surface area contributed by atoms with Crippen molar-refractivity contribution in [2.24, 2.45) is 11.3 Å². The van der Waals surface area contributed by atoms with Crippen LogP contribution in [0.1, 0.15) is 61.4 Å². The minimum atomic E-state index is -0.608. The zero-order valence-electron chi connectivity index (χ0n) is 15.6. The summed E-state index contributed by atoms with van der Waals surface area (Å²) in [5.41, 5.74) is 1.72. The lowest BCUT2D eigenvalue weighted by Gasteiger charge is -2.42. The lowest BCUT2D eigenvalue weighted by atomic mass is 9.63. The van der Waals surface area contributed by atoms with Gasteiger partial charge in [-0.25, -0.2) is 0 Å². The molecular weight excluding hydrogens is 333 g/mol. The van der Waals surface area contributed by atoms with Crippen molar-refractivity contribution in [3.63, 3.8) is 0 Å². The quantitative estimate of drug-likeness (QED) is 0.847. The maximum atomic E-state index is 12.5. The van der Waals surface area contributed by atoms with E-state index in [9.17, 15) is 14.0 Å². The number of pyridine rings is 1. The summed E-state index contributed by atoms with van der Waals surface area (Å²) < 4.78 is 12.5. The molecule has 1 aromatic rings. The van der Waals surface area contributed by atoms with E-state index in [1.807, 2.05) is 6.07 Å². The molecule has 0 bridgehead atoms. The van der Waals surface area contributed by atoms with Crippen molar-refractivity contribution in [3.8, 4) is 0 Å². The minimum absolute atomic E-state index is 0.0389. The molecule has 0 radical (unpaired) electrons. The van der Waals surface area contributed by atoms with Gasteiger partial charge in [0.2, 0.25) is 5.91 Å². The largest absolute Gasteiger partial charge is 0.352 e. The van der Waals surface area contributed by atoms with Gasteiger partial charge in [0, 0.05) is 37.9 Å². The number of likely N-dealkylation sites (tertiary alicyclic amines) is 1. The number of carbonyl (C=O) groups is 2. The van der Waals surface area contributed by atoms with E-state index in [1.54, 1.807) is 17.3 Å². The first kappa shape index (κ1) is 18.8. The normalized spacial score (nSPS) is 21.1. The van der Waals surface area contributed by atoms with Crippen LogP contribution in [0, 0.1) is 11.3 Å². The lowest BCUT2D eigenvalue weighted by Crippen LogP contribution is -2.43. The van der Waals surface area contributed by atoms with E-state index in [-0.39, 0.29) is 29.6 Å². The lowest BCUT2D eigenvalue weighted by molar-refractivity contribution is -0.131. The number of hydrogen-bond acceptors (Lipinski definition) is 3. The molecule has 3 rings (SSSR count). The van der Waals surface area contributed by atoms with Crippen LogP contribution in [0.5, 0.6) is 0 Å². The highest BCUT2D eigenvalue weighted by molar-refractivity contribution is 5.94. The van der Waals surface area contributed by atoms with Crippen molar-refractivity contribution in [2.45, 2.75) is 45.4 Å².